The van der Waals surface area contributed by atoms with Gasteiger partial charge in [0.25, 0.3) is 5.91 Å². The summed E-state index contributed by atoms with van der Waals surface area (Å²) in [6, 6.07) is 16.3. The first kappa shape index (κ1) is 25.8. The number of rotatable bonds is 7. The number of para-hydroxylation sites is 1. The number of amides is 4. The van der Waals surface area contributed by atoms with Gasteiger partial charge in [-0.05, 0) is 68.1 Å². The fourth-order valence-corrected chi connectivity index (χ4v) is 6.42. The van der Waals surface area contributed by atoms with Crippen LogP contribution in [0.3, 0.4) is 0 Å². The Morgan fingerprint density at radius 2 is 1.82 bits per heavy atom. The van der Waals surface area contributed by atoms with Crippen molar-refractivity contribution < 1.29 is 19.1 Å². The maximum Gasteiger partial charge on any atom is 0.331 e. The first-order chi connectivity index (χ1) is 19.4. The number of hydrogen-bond donors (Lipinski definition) is 3. The van der Waals surface area contributed by atoms with Crippen molar-refractivity contribution in [2.45, 2.75) is 51.6 Å². The van der Waals surface area contributed by atoms with E-state index in [-0.39, 0.29) is 29.9 Å². The molecule has 2 aromatic carbocycles. The summed E-state index contributed by atoms with van der Waals surface area (Å²) in [7, 11) is 0. The number of nitrogens with one attached hydrogen (secondary N) is 3. The Kier molecular flexibility index (Phi) is 6.85. The number of benzene rings is 2. The van der Waals surface area contributed by atoms with Gasteiger partial charge in [-0.25, -0.2) is 9.78 Å². The zero-order valence-corrected chi connectivity index (χ0v) is 23.0. The molecule has 40 heavy (non-hydrogen) atoms. The predicted octanol–water partition coefficient (Wildman–Crippen LogP) is 6.26. The molecule has 4 aromatic rings. The van der Waals surface area contributed by atoms with Gasteiger partial charge in [-0.15, -0.1) is 11.3 Å². The molecular weight excluding hydrogens is 526 g/mol. The van der Waals surface area contributed by atoms with Gasteiger partial charge in [-0.3, -0.25) is 14.5 Å². The number of thiophene rings is 1. The van der Waals surface area contributed by atoms with Gasteiger partial charge < -0.3 is 20.7 Å². The molecule has 0 unspecified atom stereocenters. The Balaban J connectivity index is 1.30. The smallest absolute Gasteiger partial charge is 0.331 e. The summed E-state index contributed by atoms with van der Waals surface area (Å²) < 4.78 is 5.97. The highest BCUT2D eigenvalue weighted by atomic mass is 32.1. The summed E-state index contributed by atoms with van der Waals surface area (Å²) in [4.78, 5) is 46.1. The Morgan fingerprint density at radius 1 is 1.05 bits per heavy atom. The standard InChI is InChI=1S/C30H29N5O4S/c1-3-24(36)32-20-10-7-11-21(20)33-28(37)27-26-25-23(14-15-31-29(25)40-27)35(30(38)34-26)22-13-12-19(16-17(22)2)39-18-8-5-4-6-9-18/h4-6,8-9,12-16,20-21H,3,7,10-11H2,1-2H3,(H,32,36)(H,33,37)(H,34,38)/t20-,21+/m1/s1. The van der Waals surface area contributed by atoms with Crippen molar-refractivity contribution in [3.63, 3.8) is 0 Å². The van der Waals surface area contributed by atoms with Crippen molar-refractivity contribution in [3.8, 4) is 11.5 Å². The van der Waals surface area contributed by atoms with Crippen LogP contribution in [0.15, 0.2) is 60.8 Å². The average Bonchev–Trinajstić information content (AvgIpc) is 3.55. The second-order valence-corrected chi connectivity index (χ2v) is 11.0. The topological polar surface area (TPSA) is 113 Å². The molecule has 2 atom stereocenters. The molecule has 9 nitrogen and oxygen atoms in total. The number of ether oxygens (including phenoxy) is 1. The third kappa shape index (κ3) is 4.75. The van der Waals surface area contributed by atoms with Gasteiger partial charge in [0.1, 0.15) is 21.2 Å². The molecule has 0 radical (unpaired) electrons. The van der Waals surface area contributed by atoms with E-state index in [4.69, 9.17) is 4.74 Å². The van der Waals surface area contributed by atoms with E-state index in [0.29, 0.717) is 38.9 Å². The van der Waals surface area contributed by atoms with Crippen molar-refractivity contribution >= 4 is 56.5 Å². The number of nitrogens with zero attached hydrogens (tertiary/aromatic N) is 2. The van der Waals surface area contributed by atoms with Crippen LogP contribution in [0, 0.1) is 6.92 Å². The van der Waals surface area contributed by atoms with Crippen LogP contribution in [0.25, 0.3) is 10.2 Å². The van der Waals surface area contributed by atoms with Crippen LogP contribution in [0.4, 0.5) is 21.9 Å². The van der Waals surface area contributed by atoms with E-state index < -0.39 is 0 Å². The van der Waals surface area contributed by atoms with E-state index in [1.54, 1.807) is 17.2 Å². The number of pyridine rings is 1. The molecule has 3 heterocycles. The van der Waals surface area contributed by atoms with Gasteiger partial charge in [0, 0.05) is 24.7 Å². The van der Waals surface area contributed by atoms with Gasteiger partial charge >= 0.3 is 6.03 Å². The van der Waals surface area contributed by atoms with Crippen LogP contribution >= 0.6 is 11.3 Å². The third-order valence-corrected chi connectivity index (χ3v) is 8.44. The first-order valence-corrected chi connectivity index (χ1v) is 14.2. The Bertz CT molecular complexity index is 1620. The van der Waals surface area contributed by atoms with E-state index >= 15 is 0 Å². The lowest BCUT2D eigenvalue weighted by atomic mass is 10.1. The summed E-state index contributed by atoms with van der Waals surface area (Å²) in [5, 5.41) is 9.80. The zero-order chi connectivity index (χ0) is 27.8. The van der Waals surface area contributed by atoms with Crippen LogP contribution in [0.5, 0.6) is 11.5 Å². The molecule has 1 saturated carbocycles. The molecule has 1 fully saturated rings. The number of hydrogen-bond acceptors (Lipinski definition) is 6. The number of aromatic nitrogens is 1. The SMILES string of the molecule is CCC(=O)N[C@@H]1CCC[C@@H]1NC(=O)c1sc2nccc3c2c1NC(=O)N3c1ccc(Oc2ccccc2)cc1C. The number of anilines is 3. The van der Waals surface area contributed by atoms with Crippen LogP contribution in [0.2, 0.25) is 0 Å². The molecular formula is C30H29N5O4S. The molecule has 204 valence electrons. The molecule has 1 aliphatic heterocycles. The van der Waals surface area contributed by atoms with Crippen LogP contribution in [-0.4, -0.2) is 34.9 Å². The van der Waals surface area contributed by atoms with E-state index in [1.807, 2.05) is 62.4 Å². The normalized spacial score (nSPS) is 17.9. The Hall–Kier alpha value is -4.44. The minimum absolute atomic E-state index is 0.0285. The lowest BCUT2D eigenvalue weighted by molar-refractivity contribution is -0.121. The fourth-order valence-electron chi connectivity index (χ4n) is 5.40. The van der Waals surface area contributed by atoms with E-state index in [1.165, 1.54) is 11.3 Å². The largest absolute Gasteiger partial charge is 0.457 e. The van der Waals surface area contributed by atoms with Crippen LogP contribution in [0.1, 0.15) is 47.8 Å². The third-order valence-electron chi connectivity index (χ3n) is 7.34. The summed E-state index contributed by atoms with van der Waals surface area (Å²) in [6.45, 7) is 3.74. The number of aryl methyl sites for hydroxylation is 1. The highest BCUT2D eigenvalue weighted by Crippen LogP contribution is 2.46. The van der Waals surface area contributed by atoms with Gasteiger partial charge in [0.15, 0.2) is 0 Å². The minimum Gasteiger partial charge on any atom is -0.457 e. The molecule has 1 aliphatic carbocycles. The van der Waals surface area contributed by atoms with E-state index in [2.05, 4.69) is 20.9 Å². The second kappa shape index (κ2) is 10.6. The van der Waals surface area contributed by atoms with Crippen molar-refractivity contribution in [2.24, 2.45) is 0 Å². The molecule has 0 bridgehead atoms. The average molecular weight is 556 g/mol. The first-order valence-electron chi connectivity index (χ1n) is 13.4. The molecule has 2 aliphatic rings. The number of urea groups is 1. The quantitative estimate of drug-likeness (QED) is 0.249. The van der Waals surface area contributed by atoms with E-state index in [0.717, 1.165) is 36.0 Å². The highest BCUT2D eigenvalue weighted by Gasteiger charge is 2.35. The molecule has 0 spiro atoms. The molecule has 3 N–H and O–H groups in total. The number of carbonyl (C=O) groups excluding carboxylic acids is 3. The lowest BCUT2D eigenvalue weighted by Gasteiger charge is -2.29. The maximum atomic E-state index is 13.5. The van der Waals surface area contributed by atoms with Crippen molar-refractivity contribution in [1.82, 2.24) is 15.6 Å². The summed E-state index contributed by atoms with van der Waals surface area (Å²) in [5.74, 6) is 1.09. The highest BCUT2D eigenvalue weighted by molar-refractivity contribution is 7.21. The van der Waals surface area contributed by atoms with Gasteiger partial charge in [-0.2, -0.15) is 0 Å². The van der Waals surface area contributed by atoms with Crippen molar-refractivity contribution in [2.75, 3.05) is 10.2 Å². The van der Waals surface area contributed by atoms with Crippen molar-refractivity contribution in [3.05, 3.63) is 71.2 Å². The van der Waals surface area contributed by atoms with E-state index in [9.17, 15) is 14.4 Å². The van der Waals surface area contributed by atoms with Gasteiger partial charge in [0.2, 0.25) is 5.91 Å². The van der Waals surface area contributed by atoms with Gasteiger partial charge in [-0.1, -0.05) is 25.1 Å². The van der Waals surface area contributed by atoms with Crippen molar-refractivity contribution in [1.29, 1.82) is 0 Å². The molecule has 2 aromatic heterocycles. The zero-order valence-electron chi connectivity index (χ0n) is 22.2. The molecule has 6 rings (SSSR count). The monoisotopic (exact) mass is 555 g/mol. The van der Waals surface area contributed by atoms with Gasteiger partial charge in [0.05, 0.1) is 22.4 Å². The maximum absolute atomic E-state index is 13.5. The van der Waals surface area contributed by atoms with Crippen LogP contribution < -0.4 is 25.6 Å². The Morgan fingerprint density at radius 3 is 2.58 bits per heavy atom. The molecule has 4 amide bonds. The predicted molar refractivity (Wildman–Crippen MR) is 156 cm³/mol. The second-order valence-electron chi connectivity index (χ2n) is 9.98. The molecule has 10 heteroatoms. The minimum atomic E-state index is -0.360. The summed E-state index contributed by atoms with van der Waals surface area (Å²) in [5.41, 5.74) is 2.68. The fraction of sp³-hybridized carbons (Fsp3) is 0.267. The Labute approximate surface area is 235 Å². The lowest BCUT2D eigenvalue weighted by Crippen LogP contribution is -2.48. The number of carbonyl (C=O) groups is 3. The molecule has 0 saturated heterocycles. The summed E-state index contributed by atoms with van der Waals surface area (Å²) >= 11 is 1.25. The van der Waals surface area contributed by atoms with Crippen LogP contribution in [-0.2, 0) is 4.79 Å². The summed E-state index contributed by atoms with van der Waals surface area (Å²) in [6.07, 6.45) is 4.58.